The molecule has 2 atom stereocenters. The Hall–Kier alpha value is -2.14. The quantitative estimate of drug-likeness (QED) is 0.702. The van der Waals surface area contributed by atoms with Crippen molar-refractivity contribution in [1.29, 1.82) is 0 Å². The Kier molecular flexibility index (Phi) is 6.46. The number of carbonyl (C=O) groups excluding carboxylic acids is 2. The van der Waals surface area contributed by atoms with Gasteiger partial charge in [-0.15, -0.1) is 6.58 Å². The number of hydrogen-bond donors (Lipinski definition) is 2. The average Bonchev–Trinajstić information content (AvgIpc) is 2.45. The van der Waals surface area contributed by atoms with Gasteiger partial charge < -0.3 is 15.8 Å². The molecule has 0 heterocycles. The largest absolute Gasteiger partial charge is 0.368 e. The van der Waals surface area contributed by atoms with Crippen molar-refractivity contribution in [2.45, 2.75) is 25.0 Å². The first-order valence-electron chi connectivity index (χ1n) is 6.38. The summed E-state index contributed by atoms with van der Waals surface area (Å²) in [7, 11) is 1.44. The van der Waals surface area contributed by atoms with Crippen molar-refractivity contribution >= 4 is 11.8 Å². The van der Waals surface area contributed by atoms with Crippen molar-refractivity contribution in [2.75, 3.05) is 7.11 Å². The van der Waals surface area contributed by atoms with Crippen LogP contribution in [-0.4, -0.2) is 25.0 Å². The molecule has 0 fully saturated rings. The summed E-state index contributed by atoms with van der Waals surface area (Å²) in [4.78, 5) is 23.5. The molecule has 20 heavy (non-hydrogen) atoms. The van der Waals surface area contributed by atoms with E-state index in [2.05, 4.69) is 11.9 Å². The molecule has 5 nitrogen and oxygen atoms in total. The summed E-state index contributed by atoms with van der Waals surface area (Å²) in [5.41, 5.74) is 6.00. The molecule has 0 bridgehead atoms. The van der Waals surface area contributed by atoms with E-state index < -0.39 is 18.1 Å². The molecule has 0 aliphatic carbocycles. The van der Waals surface area contributed by atoms with Crippen molar-refractivity contribution in [3.05, 3.63) is 48.6 Å². The van der Waals surface area contributed by atoms with Crippen LogP contribution in [0.3, 0.4) is 0 Å². The molecular weight excluding hydrogens is 256 g/mol. The second-order valence-electron chi connectivity index (χ2n) is 4.36. The SMILES string of the molecule is C=CCC[C@H](NC(=O)[C@H](OC)c1ccccc1)C(N)=O. The van der Waals surface area contributed by atoms with Crippen LogP contribution in [0.15, 0.2) is 43.0 Å². The molecule has 1 rings (SSSR count). The zero-order valence-electron chi connectivity index (χ0n) is 11.5. The normalized spacial score (nSPS) is 13.2. The van der Waals surface area contributed by atoms with Gasteiger partial charge in [-0.2, -0.15) is 0 Å². The summed E-state index contributed by atoms with van der Waals surface area (Å²) >= 11 is 0. The fourth-order valence-electron chi connectivity index (χ4n) is 1.84. The van der Waals surface area contributed by atoms with Gasteiger partial charge >= 0.3 is 0 Å². The highest BCUT2D eigenvalue weighted by Gasteiger charge is 2.24. The minimum atomic E-state index is -0.762. The standard InChI is InChI=1S/C15H20N2O3/c1-3-4-10-12(14(16)18)17-15(19)13(20-2)11-8-6-5-7-9-11/h3,5-9,12-13H,1,4,10H2,2H3,(H2,16,18)(H,17,19)/t12-,13+/m0/s1. The number of nitrogens with one attached hydrogen (secondary N) is 1. The average molecular weight is 276 g/mol. The zero-order chi connectivity index (χ0) is 15.0. The maximum Gasteiger partial charge on any atom is 0.254 e. The minimum absolute atomic E-state index is 0.383. The summed E-state index contributed by atoms with van der Waals surface area (Å²) in [6.45, 7) is 3.58. The number of allylic oxidation sites excluding steroid dienone is 1. The Morgan fingerprint density at radius 3 is 2.55 bits per heavy atom. The smallest absolute Gasteiger partial charge is 0.254 e. The first-order chi connectivity index (χ1) is 9.60. The fraction of sp³-hybridized carbons (Fsp3) is 0.333. The van der Waals surface area contributed by atoms with Gasteiger partial charge in [0.15, 0.2) is 6.10 Å². The summed E-state index contributed by atoms with van der Waals surface area (Å²) < 4.78 is 5.20. The molecule has 108 valence electrons. The van der Waals surface area contributed by atoms with Gasteiger partial charge in [-0.05, 0) is 18.4 Å². The predicted molar refractivity (Wildman–Crippen MR) is 76.7 cm³/mol. The van der Waals surface area contributed by atoms with Crippen LogP contribution in [0.1, 0.15) is 24.5 Å². The molecule has 0 radical (unpaired) electrons. The Morgan fingerprint density at radius 1 is 1.40 bits per heavy atom. The summed E-state index contributed by atoms with van der Waals surface area (Å²) in [5, 5.41) is 2.61. The highest BCUT2D eigenvalue weighted by atomic mass is 16.5. The Bertz CT molecular complexity index is 459. The minimum Gasteiger partial charge on any atom is -0.368 e. The van der Waals surface area contributed by atoms with E-state index in [1.165, 1.54) is 7.11 Å². The van der Waals surface area contributed by atoms with Gasteiger partial charge in [-0.25, -0.2) is 0 Å². The number of ether oxygens (including phenoxy) is 1. The second kappa shape index (κ2) is 8.12. The molecule has 1 aromatic carbocycles. The summed E-state index contributed by atoms with van der Waals surface area (Å²) in [6, 6.07) is 8.34. The maximum atomic E-state index is 12.2. The van der Waals surface area contributed by atoms with Crippen molar-refractivity contribution < 1.29 is 14.3 Å². The van der Waals surface area contributed by atoms with Crippen LogP contribution in [0.25, 0.3) is 0 Å². The van der Waals surface area contributed by atoms with Crippen molar-refractivity contribution in [1.82, 2.24) is 5.32 Å². The van der Waals surface area contributed by atoms with Gasteiger partial charge in [0.25, 0.3) is 5.91 Å². The Labute approximate surface area is 118 Å². The molecule has 0 spiro atoms. The van der Waals surface area contributed by atoms with Gasteiger partial charge in [0.2, 0.25) is 5.91 Å². The van der Waals surface area contributed by atoms with E-state index >= 15 is 0 Å². The number of benzene rings is 1. The van der Waals surface area contributed by atoms with Gasteiger partial charge in [-0.1, -0.05) is 36.4 Å². The number of amides is 2. The van der Waals surface area contributed by atoms with Crippen LogP contribution >= 0.6 is 0 Å². The summed E-state index contributed by atoms with van der Waals surface area (Å²) in [5.74, 6) is -0.949. The van der Waals surface area contributed by atoms with Crippen LogP contribution in [0.2, 0.25) is 0 Å². The lowest BCUT2D eigenvalue weighted by molar-refractivity contribution is -0.135. The van der Waals surface area contributed by atoms with Crippen molar-refractivity contribution in [3.63, 3.8) is 0 Å². The molecule has 0 saturated heterocycles. The number of carbonyl (C=O) groups is 2. The van der Waals surface area contributed by atoms with Crippen molar-refractivity contribution in [3.8, 4) is 0 Å². The Morgan fingerprint density at radius 2 is 2.05 bits per heavy atom. The van der Waals surface area contributed by atoms with E-state index in [4.69, 9.17) is 10.5 Å². The number of primary amides is 1. The second-order valence-corrected chi connectivity index (χ2v) is 4.36. The first kappa shape index (κ1) is 15.9. The van der Waals surface area contributed by atoms with E-state index in [0.717, 1.165) is 5.56 Å². The summed E-state index contributed by atoms with van der Waals surface area (Å²) in [6.07, 6.45) is 1.93. The lowest BCUT2D eigenvalue weighted by atomic mass is 10.1. The Balaban J connectivity index is 2.75. The van der Waals surface area contributed by atoms with Gasteiger partial charge in [-0.3, -0.25) is 9.59 Å². The molecule has 2 amide bonds. The van der Waals surface area contributed by atoms with E-state index in [1.807, 2.05) is 18.2 Å². The zero-order valence-corrected chi connectivity index (χ0v) is 11.5. The van der Waals surface area contributed by atoms with E-state index in [0.29, 0.717) is 12.8 Å². The molecule has 1 aromatic rings. The monoisotopic (exact) mass is 276 g/mol. The van der Waals surface area contributed by atoms with Gasteiger partial charge in [0.1, 0.15) is 6.04 Å². The van der Waals surface area contributed by atoms with Gasteiger partial charge in [0, 0.05) is 7.11 Å². The first-order valence-corrected chi connectivity index (χ1v) is 6.38. The molecule has 3 N–H and O–H groups in total. The highest BCUT2D eigenvalue weighted by molar-refractivity contribution is 5.89. The molecule has 0 aromatic heterocycles. The van der Waals surface area contributed by atoms with Crippen LogP contribution in [0.4, 0.5) is 0 Å². The fourth-order valence-corrected chi connectivity index (χ4v) is 1.84. The lowest BCUT2D eigenvalue weighted by Gasteiger charge is -2.20. The number of rotatable bonds is 8. The number of nitrogens with two attached hydrogens (primary N) is 1. The lowest BCUT2D eigenvalue weighted by Crippen LogP contribution is -2.46. The predicted octanol–water partition coefficient (Wildman–Crippen LogP) is 1.31. The van der Waals surface area contributed by atoms with Crippen LogP contribution < -0.4 is 11.1 Å². The van der Waals surface area contributed by atoms with E-state index in [1.54, 1.807) is 18.2 Å². The van der Waals surface area contributed by atoms with Crippen LogP contribution in [0.5, 0.6) is 0 Å². The molecule has 0 aliphatic rings. The molecule has 0 aliphatic heterocycles. The maximum absolute atomic E-state index is 12.2. The third-order valence-electron chi connectivity index (χ3n) is 2.90. The third-order valence-corrected chi connectivity index (χ3v) is 2.90. The van der Waals surface area contributed by atoms with E-state index in [9.17, 15) is 9.59 Å². The van der Waals surface area contributed by atoms with Crippen LogP contribution in [-0.2, 0) is 14.3 Å². The van der Waals surface area contributed by atoms with E-state index in [-0.39, 0.29) is 5.91 Å². The molecule has 5 heteroatoms. The number of methoxy groups -OCH3 is 1. The highest BCUT2D eigenvalue weighted by Crippen LogP contribution is 2.16. The van der Waals surface area contributed by atoms with Gasteiger partial charge in [0.05, 0.1) is 0 Å². The molecule has 0 saturated carbocycles. The molecular formula is C15H20N2O3. The number of hydrogen-bond acceptors (Lipinski definition) is 3. The van der Waals surface area contributed by atoms with Crippen LogP contribution in [0, 0.1) is 0 Å². The molecule has 0 unspecified atom stereocenters. The topological polar surface area (TPSA) is 81.4 Å². The van der Waals surface area contributed by atoms with Crippen molar-refractivity contribution in [2.24, 2.45) is 5.73 Å². The third kappa shape index (κ3) is 4.51.